The molecule has 5 N–H and O–H groups in total. The molecule has 0 radical (unpaired) electrons. The molecular weight excluding hydrogens is 608 g/mol. The van der Waals surface area contributed by atoms with Crippen LogP contribution in [-0.2, 0) is 32.7 Å². The summed E-state index contributed by atoms with van der Waals surface area (Å²) in [4.78, 5) is 42.0. The molecule has 1 aliphatic heterocycles. The van der Waals surface area contributed by atoms with Gasteiger partial charge in [0.05, 0.1) is 6.04 Å². The molecule has 0 bridgehead atoms. The van der Waals surface area contributed by atoms with Gasteiger partial charge in [-0.15, -0.1) is 0 Å². The minimum atomic E-state index is -4.96. The summed E-state index contributed by atoms with van der Waals surface area (Å²) < 4.78 is 33.4. The van der Waals surface area contributed by atoms with Gasteiger partial charge >= 0.3 is 6.03 Å². The number of carbonyl (C=O) groups excluding carboxylic acids is 3. The third kappa shape index (κ3) is 10.0. The molecule has 1 aliphatic carbocycles. The second-order valence-corrected chi connectivity index (χ2v) is 14.6. The molecule has 2 aromatic carbocycles. The summed E-state index contributed by atoms with van der Waals surface area (Å²) >= 11 is 0. The van der Waals surface area contributed by atoms with E-state index in [0.717, 1.165) is 37.7 Å². The number of amides is 4. The van der Waals surface area contributed by atoms with Gasteiger partial charge in [-0.05, 0) is 61.5 Å². The number of aliphatic hydroxyl groups excluding tert-OH is 1. The van der Waals surface area contributed by atoms with Crippen molar-refractivity contribution in [3.05, 3.63) is 71.8 Å². The number of nitrogens with zero attached hydrogens (tertiary/aromatic N) is 1. The Hall–Kier alpha value is -3.48. The van der Waals surface area contributed by atoms with Crippen molar-refractivity contribution >= 4 is 28.0 Å². The fourth-order valence-corrected chi connectivity index (χ4v) is 7.32. The van der Waals surface area contributed by atoms with Crippen LogP contribution in [0.1, 0.15) is 69.9 Å². The van der Waals surface area contributed by atoms with Crippen molar-refractivity contribution in [2.75, 3.05) is 6.54 Å². The van der Waals surface area contributed by atoms with Crippen molar-refractivity contribution in [3.8, 4) is 0 Å². The van der Waals surface area contributed by atoms with E-state index in [2.05, 4.69) is 28.1 Å². The standard InChI is InChI=1S/C34H48N4O7S/c1-23(2)19-28(32(40)36-29(33(41)46(43,44)45)21-27-17-18-35-31(27)39)37-34(42)38(22-25-13-7-4-8-14-25)30-16-10-9-15-26(30)20-24-11-5-3-6-12-24/h3-8,11-14,23,26-30,33,41H,9-10,15-22H2,1-2H3,(H,35,39)(H,36,40)(H,37,42)(H,43,44,45)/t26?,27-,28-,29-,30?,33?/m0/s1. The first kappa shape index (κ1) is 35.4. The minimum absolute atomic E-state index is 0.0234. The second kappa shape index (κ2) is 16.4. The van der Waals surface area contributed by atoms with E-state index in [1.165, 1.54) is 5.56 Å². The Bertz CT molecular complexity index is 1410. The highest BCUT2D eigenvalue weighted by Gasteiger charge is 2.39. The molecule has 0 spiro atoms. The van der Waals surface area contributed by atoms with E-state index in [1.54, 1.807) is 0 Å². The van der Waals surface area contributed by atoms with Crippen molar-refractivity contribution in [1.29, 1.82) is 0 Å². The zero-order chi connectivity index (χ0) is 33.3. The molecule has 4 rings (SSSR count). The first-order valence-corrected chi connectivity index (χ1v) is 17.8. The van der Waals surface area contributed by atoms with Crippen LogP contribution in [0.4, 0.5) is 4.79 Å². The number of carbonyl (C=O) groups is 3. The molecule has 252 valence electrons. The van der Waals surface area contributed by atoms with E-state index in [0.29, 0.717) is 19.5 Å². The predicted octanol–water partition coefficient (Wildman–Crippen LogP) is 3.63. The van der Waals surface area contributed by atoms with Crippen LogP contribution in [0.15, 0.2) is 60.7 Å². The Balaban J connectivity index is 1.58. The number of nitrogens with one attached hydrogen (secondary N) is 3. The molecule has 2 aromatic rings. The fraction of sp³-hybridized carbons (Fsp3) is 0.559. The Kier molecular flexibility index (Phi) is 12.6. The molecule has 3 unspecified atom stereocenters. The van der Waals surface area contributed by atoms with E-state index < -0.39 is 45.5 Å². The van der Waals surface area contributed by atoms with Gasteiger partial charge in [-0.2, -0.15) is 8.42 Å². The van der Waals surface area contributed by atoms with Gasteiger partial charge in [-0.25, -0.2) is 4.79 Å². The van der Waals surface area contributed by atoms with Crippen molar-refractivity contribution < 1.29 is 32.5 Å². The Morgan fingerprint density at radius 3 is 2.17 bits per heavy atom. The Morgan fingerprint density at radius 2 is 1.59 bits per heavy atom. The third-order valence-electron chi connectivity index (χ3n) is 9.07. The number of hydrogen-bond acceptors (Lipinski definition) is 6. The second-order valence-electron chi connectivity index (χ2n) is 13.1. The van der Waals surface area contributed by atoms with Crippen molar-refractivity contribution in [1.82, 2.24) is 20.9 Å². The van der Waals surface area contributed by atoms with Crippen molar-refractivity contribution in [3.63, 3.8) is 0 Å². The van der Waals surface area contributed by atoms with Crippen LogP contribution in [-0.4, -0.2) is 70.9 Å². The van der Waals surface area contributed by atoms with Gasteiger partial charge in [-0.1, -0.05) is 87.4 Å². The number of aliphatic hydroxyl groups is 1. The lowest BCUT2D eigenvalue weighted by atomic mass is 9.79. The van der Waals surface area contributed by atoms with Gasteiger partial charge in [0.2, 0.25) is 17.3 Å². The number of urea groups is 1. The van der Waals surface area contributed by atoms with Gasteiger partial charge in [0, 0.05) is 25.0 Å². The van der Waals surface area contributed by atoms with E-state index in [-0.39, 0.29) is 36.6 Å². The van der Waals surface area contributed by atoms with Gasteiger partial charge in [-0.3, -0.25) is 14.1 Å². The van der Waals surface area contributed by atoms with Crippen LogP contribution in [0, 0.1) is 17.8 Å². The summed E-state index contributed by atoms with van der Waals surface area (Å²) in [6.07, 6.45) is 5.12. The summed E-state index contributed by atoms with van der Waals surface area (Å²) in [5, 5.41) is 18.6. The molecule has 1 saturated heterocycles. The van der Waals surface area contributed by atoms with E-state index in [4.69, 9.17) is 0 Å². The normalized spacial score (nSPS) is 22.0. The van der Waals surface area contributed by atoms with E-state index >= 15 is 0 Å². The van der Waals surface area contributed by atoms with Gasteiger partial charge in [0.1, 0.15) is 6.04 Å². The predicted molar refractivity (Wildman–Crippen MR) is 175 cm³/mol. The monoisotopic (exact) mass is 656 g/mol. The smallest absolute Gasteiger partial charge is 0.318 e. The van der Waals surface area contributed by atoms with Gasteiger partial charge < -0.3 is 26.0 Å². The number of benzene rings is 2. The topological polar surface area (TPSA) is 165 Å². The van der Waals surface area contributed by atoms with E-state index in [1.807, 2.05) is 67.3 Å². The maximum absolute atomic E-state index is 14.2. The van der Waals surface area contributed by atoms with Crippen LogP contribution < -0.4 is 16.0 Å². The summed E-state index contributed by atoms with van der Waals surface area (Å²) in [6, 6.07) is 16.9. The fourth-order valence-electron chi connectivity index (χ4n) is 6.72. The average Bonchev–Trinajstić information content (AvgIpc) is 3.43. The molecule has 0 aromatic heterocycles. The highest BCUT2D eigenvalue weighted by Crippen LogP contribution is 2.32. The highest BCUT2D eigenvalue weighted by molar-refractivity contribution is 7.86. The van der Waals surface area contributed by atoms with E-state index in [9.17, 15) is 32.5 Å². The molecule has 4 amide bonds. The number of rotatable bonds is 14. The molecular formula is C34H48N4O7S. The Morgan fingerprint density at radius 1 is 0.957 bits per heavy atom. The Labute approximate surface area is 272 Å². The summed E-state index contributed by atoms with van der Waals surface area (Å²) in [5.41, 5.74) is -0.176. The largest absolute Gasteiger partial charge is 0.374 e. The van der Waals surface area contributed by atoms with Gasteiger partial charge in [0.25, 0.3) is 10.1 Å². The van der Waals surface area contributed by atoms with Crippen LogP contribution >= 0.6 is 0 Å². The lowest BCUT2D eigenvalue weighted by molar-refractivity contribution is -0.126. The first-order chi connectivity index (χ1) is 21.9. The van der Waals surface area contributed by atoms with Crippen LogP contribution in [0.25, 0.3) is 0 Å². The van der Waals surface area contributed by atoms with Crippen LogP contribution in [0.5, 0.6) is 0 Å². The molecule has 11 nitrogen and oxygen atoms in total. The van der Waals surface area contributed by atoms with Crippen molar-refractivity contribution in [2.24, 2.45) is 17.8 Å². The molecule has 1 heterocycles. The maximum Gasteiger partial charge on any atom is 0.318 e. The molecule has 46 heavy (non-hydrogen) atoms. The number of hydrogen-bond donors (Lipinski definition) is 5. The van der Waals surface area contributed by atoms with Crippen LogP contribution in [0.3, 0.4) is 0 Å². The van der Waals surface area contributed by atoms with Crippen molar-refractivity contribution in [2.45, 2.75) is 95.3 Å². The zero-order valence-corrected chi connectivity index (χ0v) is 27.5. The average molecular weight is 657 g/mol. The quantitative estimate of drug-likeness (QED) is 0.194. The summed E-state index contributed by atoms with van der Waals surface area (Å²) in [6.45, 7) is 4.54. The molecule has 2 aliphatic rings. The highest BCUT2D eigenvalue weighted by atomic mass is 32.2. The molecule has 1 saturated carbocycles. The minimum Gasteiger partial charge on any atom is -0.374 e. The summed E-state index contributed by atoms with van der Waals surface area (Å²) in [5.74, 6) is -1.46. The molecule has 6 atom stereocenters. The first-order valence-electron chi connectivity index (χ1n) is 16.3. The molecule has 2 fully saturated rings. The van der Waals surface area contributed by atoms with Crippen LogP contribution in [0.2, 0.25) is 0 Å². The third-order valence-corrected chi connectivity index (χ3v) is 10.0. The zero-order valence-electron chi connectivity index (χ0n) is 26.7. The lowest BCUT2D eigenvalue weighted by Crippen LogP contribution is -2.58. The maximum atomic E-state index is 14.2. The SMILES string of the molecule is CC(C)C[C@H](NC(=O)N(Cc1ccccc1)C1CCCCC1Cc1ccccc1)C(=O)N[C@@H](C[C@@H]1CCNC1=O)C(O)S(=O)(=O)O. The van der Waals surface area contributed by atoms with Gasteiger partial charge in [0.15, 0.2) is 0 Å². The summed E-state index contributed by atoms with van der Waals surface area (Å²) in [7, 11) is -4.96. The lowest BCUT2D eigenvalue weighted by Gasteiger charge is -2.41. The molecule has 12 heteroatoms.